The van der Waals surface area contributed by atoms with Gasteiger partial charge in [0.25, 0.3) is 0 Å². The maximum absolute atomic E-state index is 12.7. The maximum Gasteiger partial charge on any atom is 0.416 e. The Bertz CT molecular complexity index is 647. The molecule has 1 aromatic carbocycles. The third kappa shape index (κ3) is 3.65. The Morgan fingerprint density at radius 2 is 1.65 bits per heavy atom. The number of nitrogens with zero attached hydrogens (tertiary/aromatic N) is 2. The van der Waals surface area contributed by atoms with E-state index in [-0.39, 0.29) is 26.7 Å². The third-order valence-electron chi connectivity index (χ3n) is 2.22. The minimum absolute atomic E-state index is 0.0251. The fraction of sp³-hybridized carbons (Fsp3) is 0.0909. The first-order valence-electron chi connectivity index (χ1n) is 5.09. The van der Waals surface area contributed by atoms with Crippen LogP contribution in [0.15, 0.2) is 24.3 Å². The van der Waals surface area contributed by atoms with Gasteiger partial charge in [0.2, 0.25) is 0 Å². The highest BCUT2D eigenvalue weighted by atomic mass is 35.5. The molecule has 106 valence electrons. The van der Waals surface area contributed by atoms with Gasteiger partial charge >= 0.3 is 6.18 Å². The van der Waals surface area contributed by atoms with Crippen LogP contribution in [0.4, 0.5) is 24.5 Å². The van der Waals surface area contributed by atoms with Crippen LogP contribution in [0.1, 0.15) is 5.56 Å². The highest BCUT2D eigenvalue weighted by Gasteiger charge is 2.31. The first kappa shape index (κ1) is 15.2. The second-order valence-corrected chi connectivity index (χ2v) is 4.90. The van der Waals surface area contributed by atoms with E-state index < -0.39 is 11.7 Å². The third-order valence-corrected chi connectivity index (χ3v) is 2.91. The van der Waals surface area contributed by atoms with Crippen molar-refractivity contribution in [3.8, 4) is 0 Å². The lowest BCUT2D eigenvalue weighted by molar-refractivity contribution is -0.137. The van der Waals surface area contributed by atoms with Gasteiger partial charge < -0.3 is 5.32 Å². The standard InChI is InChI=1S/C11H5Cl3F3N3/c12-6-1-5(11(15,16)17)2-7(3-6)18-8-4-9(13)19-20-10(8)14/h1-4H,(H,18,19). The molecule has 1 heterocycles. The van der Waals surface area contributed by atoms with E-state index in [4.69, 9.17) is 34.8 Å². The average Bonchev–Trinajstić information content (AvgIpc) is 2.32. The zero-order valence-electron chi connectivity index (χ0n) is 9.47. The van der Waals surface area contributed by atoms with E-state index in [9.17, 15) is 13.2 Å². The number of halogens is 6. The van der Waals surface area contributed by atoms with Gasteiger partial charge in [-0.3, -0.25) is 0 Å². The Kier molecular flexibility index (Phi) is 4.27. The van der Waals surface area contributed by atoms with Crippen LogP contribution in [0.3, 0.4) is 0 Å². The van der Waals surface area contributed by atoms with Gasteiger partial charge in [-0.25, -0.2) is 0 Å². The summed E-state index contributed by atoms with van der Waals surface area (Å²) in [6.45, 7) is 0. The summed E-state index contributed by atoms with van der Waals surface area (Å²) in [6.07, 6.45) is -4.50. The molecule has 0 radical (unpaired) electrons. The van der Waals surface area contributed by atoms with Crippen LogP contribution in [0.25, 0.3) is 0 Å². The van der Waals surface area contributed by atoms with E-state index in [0.717, 1.165) is 12.1 Å². The normalized spacial score (nSPS) is 11.5. The molecule has 0 atom stereocenters. The first-order valence-corrected chi connectivity index (χ1v) is 6.22. The van der Waals surface area contributed by atoms with Crippen LogP contribution in [-0.2, 0) is 6.18 Å². The Morgan fingerprint density at radius 3 is 2.30 bits per heavy atom. The molecule has 0 fully saturated rings. The molecule has 0 aliphatic heterocycles. The summed E-state index contributed by atoms with van der Waals surface area (Å²) >= 11 is 17.1. The fourth-order valence-corrected chi connectivity index (χ4v) is 1.94. The number of benzene rings is 1. The van der Waals surface area contributed by atoms with Crippen LogP contribution in [0, 0.1) is 0 Å². The van der Waals surface area contributed by atoms with Gasteiger partial charge in [-0.2, -0.15) is 13.2 Å². The predicted molar refractivity (Wildman–Crippen MR) is 71.8 cm³/mol. The van der Waals surface area contributed by atoms with Crippen molar-refractivity contribution >= 4 is 46.2 Å². The Balaban J connectivity index is 2.39. The lowest BCUT2D eigenvalue weighted by atomic mass is 10.2. The van der Waals surface area contributed by atoms with E-state index in [1.165, 1.54) is 12.1 Å². The summed E-state index contributed by atoms with van der Waals surface area (Å²) in [5, 5.41) is 9.65. The number of alkyl halides is 3. The largest absolute Gasteiger partial charge is 0.416 e. The Morgan fingerprint density at radius 1 is 0.950 bits per heavy atom. The summed E-state index contributed by atoms with van der Waals surface area (Å²) < 4.78 is 38.0. The van der Waals surface area contributed by atoms with Gasteiger partial charge in [0, 0.05) is 16.8 Å². The minimum Gasteiger partial charge on any atom is -0.353 e. The topological polar surface area (TPSA) is 37.8 Å². The fourth-order valence-electron chi connectivity index (χ4n) is 1.42. The van der Waals surface area contributed by atoms with Crippen LogP contribution < -0.4 is 5.32 Å². The highest BCUT2D eigenvalue weighted by molar-refractivity contribution is 6.33. The van der Waals surface area contributed by atoms with Crippen molar-refractivity contribution in [3.05, 3.63) is 45.2 Å². The number of anilines is 2. The zero-order chi connectivity index (χ0) is 14.9. The van der Waals surface area contributed by atoms with Gasteiger partial charge in [0.15, 0.2) is 10.3 Å². The second-order valence-electron chi connectivity index (χ2n) is 3.72. The number of aromatic nitrogens is 2. The number of hydrogen-bond acceptors (Lipinski definition) is 3. The first-order chi connectivity index (χ1) is 9.25. The van der Waals surface area contributed by atoms with Gasteiger partial charge in [0.05, 0.1) is 11.3 Å². The molecule has 0 unspecified atom stereocenters. The minimum atomic E-state index is -4.50. The van der Waals surface area contributed by atoms with Gasteiger partial charge in [-0.1, -0.05) is 34.8 Å². The van der Waals surface area contributed by atoms with E-state index in [1.54, 1.807) is 0 Å². The van der Waals surface area contributed by atoms with Gasteiger partial charge in [-0.15, -0.1) is 10.2 Å². The summed E-state index contributed by atoms with van der Waals surface area (Å²) in [5.74, 6) is 0. The molecule has 1 aromatic heterocycles. The summed E-state index contributed by atoms with van der Waals surface area (Å²) in [4.78, 5) is 0. The molecule has 0 aliphatic carbocycles. The molecule has 1 N–H and O–H groups in total. The molecule has 9 heteroatoms. The van der Waals surface area contributed by atoms with Crippen molar-refractivity contribution in [2.24, 2.45) is 0 Å². The number of rotatable bonds is 2. The van der Waals surface area contributed by atoms with E-state index in [2.05, 4.69) is 15.5 Å². The molecular formula is C11H5Cl3F3N3. The molecule has 20 heavy (non-hydrogen) atoms. The highest BCUT2D eigenvalue weighted by Crippen LogP contribution is 2.34. The van der Waals surface area contributed by atoms with Gasteiger partial charge in [-0.05, 0) is 18.2 Å². The van der Waals surface area contributed by atoms with Crippen LogP contribution in [0.2, 0.25) is 15.3 Å². The van der Waals surface area contributed by atoms with Crippen molar-refractivity contribution in [2.75, 3.05) is 5.32 Å². The van der Waals surface area contributed by atoms with Crippen LogP contribution in [0.5, 0.6) is 0 Å². The Labute approximate surface area is 126 Å². The summed E-state index contributed by atoms with van der Waals surface area (Å²) in [5.41, 5.74) is -0.547. The van der Waals surface area contributed by atoms with Crippen molar-refractivity contribution in [2.45, 2.75) is 6.18 Å². The Hall–Kier alpha value is -1.24. The molecule has 0 spiro atoms. The van der Waals surface area contributed by atoms with E-state index >= 15 is 0 Å². The quantitative estimate of drug-likeness (QED) is 0.815. The van der Waals surface area contributed by atoms with Crippen LogP contribution >= 0.6 is 34.8 Å². The molecule has 0 aliphatic rings. The molecule has 0 bridgehead atoms. The van der Waals surface area contributed by atoms with Crippen molar-refractivity contribution in [1.29, 1.82) is 0 Å². The molecule has 2 rings (SSSR count). The zero-order valence-corrected chi connectivity index (χ0v) is 11.7. The van der Waals surface area contributed by atoms with Gasteiger partial charge in [0.1, 0.15) is 0 Å². The predicted octanol–water partition coefficient (Wildman–Crippen LogP) is 5.20. The average molecular weight is 343 g/mol. The molecule has 0 saturated heterocycles. The SMILES string of the molecule is FC(F)(F)c1cc(Cl)cc(Nc2cc(Cl)nnc2Cl)c1. The van der Waals surface area contributed by atoms with E-state index in [1.807, 2.05) is 0 Å². The molecule has 2 aromatic rings. The summed E-state index contributed by atoms with van der Waals surface area (Å²) in [7, 11) is 0. The molecule has 0 amide bonds. The lowest BCUT2D eigenvalue weighted by Gasteiger charge is -2.12. The smallest absolute Gasteiger partial charge is 0.353 e. The van der Waals surface area contributed by atoms with Crippen molar-refractivity contribution < 1.29 is 13.2 Å². The monoisotopic (exact) mass is 341 g/mol. The maximum atomic E-state index is 12.7. The number of nitrogens with one attached hydrogen (secondary N) is 1. The molecule has 3 nitrogen and oxygen atoms in total. The second kappa shape index (κ2) is 5.63. The van der Waals surface area contributed by atoms with E-state index in [0.29, 0.717) is 0 Å². The van der Waals surface area contributed by atoms with Crippen molar-refractivity contribution in [3.63, 3.8) is 0 Å². The summed E-state index contributed by atoms with van der Waals surface area (Å²) in [6, 6.07) is 4.38. The lowest BCUT2D eigenvalue weighted by Crippen LogP contribution is -2.05. The number of hydrogen-bond donors (Lipinski definition) is 1. The van der Waals surface area contributed by atoms with Crippen molar-refractivity contribution in [1.82, 2.24) is 10.2 Å². The molecular weight excluding hydrogens is 337 g/mol. The van der Waals surface area contributed by atoms with Crippen LogP contribution in [-0.4, -0.2) is 10.2 Å². The molecule has 0 saturated carbocycles.